The zero-order valence-electron chi connectivity index (χ0n) is 13.6. The molecule has 0 unspecified atom stereocenters. The molecule has 4 nitrogen and oxygen atoms in total. The smallest absolute Gasteiger partial charge is 0.191 e. The third kappa shape index (κ3) is 3.11. The largest absolute Gasteiger partial charge is 0.488 e. The molecule has 2 aromatic carbocycles. The van der Waals surface area contributed by atoms with Crippen molar-refractivity contribution in [1.29, 1.82) is 0 Å². The lowest BCUT2D eigenvalue weighted by atomic mass is 9.98. The highest BCUT2D eigenvalue weighted by atomic mass is 16.7. The van der Waals surface area contributed by atoms with Gasteiger partial charge in [0.25, 0.3) is 0 Å². The first-order valence-corrected chi connectivity index (χ1v) is 8.11. The van der Waals surface area contributed by atoms with Crippen molar-refractivity contribution in [3.8, 4) is 16.9 Å². The van der Waals surface area contributed by atoms with E-state index in [1.807, 2.05) is 25.3 Å². The quantitative estimate of drug-likeness (QED) is 0.729. The molecule has 1 saturated heterocycles. The van der Waals surface area contributed by atoms with Crippen molar-refractivity contribution in [2.45, 2.75) is 13.2 Å². The first-order chi connectivity index (χ1) is 11.8. The second kappa shape index (κ2) is 6.59. The van der Waals surface area contributed by atoms with Crippen LogP contribution in [0, 0.1) is 6.92 Å². The predicted octanol–water partition coefficient (Wildman–Crippen LogP) is 3.96. The summed E-state index contributed by atoms with van der Waals surface area (Å²) in [7, 11) is 0. The highest BCUT2D eigenvalue weighted by molar-refractivity contribution is 5.97. The Balaban J connectivity index is 1.73. The fourth-order valence-electron chi connectivity index (χ4n) is 2.99. The average molecular weight is 321 g/mol. The molecule has 1 aliphatic heterocycles. The minimum atomic E-state index is -0.275. The molecule has 1 aliphatic rings. The maximum Gasteiger partial charge on any atom is 0.191 e. The summed E-state index contributed by atoms with van der Waals surface area (Å²) < 4.78 is 16.8. The summed E-state index contributed by atoms with van der Waals surface area (Å²) in [5, 5.41) is 2.34. The molecule has 24 heavy (non-hydrogen) atoms. The lowest BCUT2D eigenvalue weighted by Crippen LogP contribution is -2.18. The lowest BCUT2D eigenvalue weighted by Gasteiger charge is -2.14. The van der Waals surface area contributed by atoms with Gasteiger partial charge >= 0.3 is 0 Å². The summed E-state index contributed by atoms with van der Waals surface area (Å²) >= 11 is 0. The van der Waals surface area contributed by atoms with Gasteiger partial charge in [-0.2, -0.15) is 0 Å². The number of benzene rings is 2. The van der Waals surface area contributed by atoms with E-state index in [1.165, 1.54) is 5.39 Å². The van der Waals surface area contributed by atoms with Gasteiger partial charge in [0.15, 0.2) is 6.29 Å². The number of fused-ring (bicyclic) bond motifs is 1. The van der Waals surface area contributed by atoms with Gasteiger partial charge in [-0.05, 0) is 53.1 Å². The second-order valence-corrected chi connectivity index (χ2v) is 5.86. The third-order valence-corrected chi connectivity index (χ3v) is 4.12. The van der Waals surface area contributed by atoms with Gasteiger partial charge in [-0.15, -0.1) is 0 Å². The van der Waals surface area contributed by atoms with Crippen LogP contribution in [0.4, 0.5) is 0 Å². The van der Waals surface area contributed by atoms with Crippen LogP contribution in [0.3, 0.4) is 0 Å². The van der Waals surface area contributed by atoms with Crippen molar-refractivity contribution in [2.24, 2.45) is 0 Å². The van der Waals surface area contributed by atoms with Crippen LogP contribution in [0.5, 0.6) is 5.75 Å². The Morgan fingerprint density at radius 3 is 2.75 bits per heavy atom. The molecule has 2 heterocycles. The standard InChI is InChI=1S/C20H19NO3/c1-14-10-16(6-7-21-14)19-12-17(24-13-20-22-8-9-23-20)11-15-4-2-3-5-18(15)19/h2-7,10-12,20H,8-9,13H2,1H3. The number of pyridine rings is 1. The second-order valence-electron chi connectivity index (χ2n) is 5.86. The molecule has 0 spiro atoms. The first kappa shape index (κ1) is 15.1. The van der Waals surface area contributed by atoms with Gasteiger partial charge in [-0.3, -0.25) is 4.98 Å². The molecule has 0 aliphatic carbocycles. The monoisotopic (exact) mass is 321 g/mol. The molecule has 4 rings (SSSR count). The fourth-order valence-corrected chi connectivity index (χ4v) is 2.99. The minimum Gasteiger partial charge on any atom is -0.488 e. The number of aryl methyl sites for hydroxylation is 1. The summed E-state index contributed by atoms with van der Waals surface area (Å²) in [6.07, 6.45) is 1.57. The molecule has 1 aromatic heterocycles. The summed E-state index contributed by atoms with van der Waals surface area (Å²) in [6, 6.07) is 16.6. The number of nitrogens with zero attached hydrogens (tertiary/aromatic N) is 1. The minimum absolute atomic E-state index is 0.275. The molecule has 0 radical (unpaired) electrons. The van der Waals surface area contributed by atoms with Gasteiger partial charge < -0.3 is 14.2 Å². The van der Waals surface area contributed by atoms with Gasteiger partial charge in [0.05, 0.1) is 13.2 Å². The van der Waals surface area contributed by atoms with Crippen LogP contribution in [0.1, 0.15) is 5.69 Å². The molecule has 0 bridgehead atoms. The zero-order valence-corrected chi connectivity index (χ0v) is 13.6. The third-order valence-electron chi connectivity index (χ3n) is 4.12. The van der Waals surface area contributed by atoms with Crippen LogP contribution in [0.25, 0.3) is 21.9 Å². The number of aromatic nitrogens is 1. The van der Waals surface area contributed by atoms with Gasteiger partial charge in [-0.25, -0.2) is 0 Å². The van der Waals surface area contributed by atoms with E-state index in [2.05, 4.69) is 41.4 Å². The molecular formula is C20H19NO3. The van der Waals surface area contributed by atoms with Crippen molar-refractivity contribution in [3.05, 3.63) is 60.4 Å². The van der Waals surface area contributed by atoms with Crippen molar-refractivity contribution >= 4 is 10.8 Å². The fraction of sp³-hybridized carbons (Fsp3) is 0.250. The van der Waals surface area contributed by atoms with Crippen molar-refractivity contribution in [3.63, 3.8) is 0 Å². The summed E-state index contributed by atoms with van der Waals surface area (Å²) in [4.78, 5) is 4.29. The normalized spacial score (nSPS) is 15.0. The van der Waals surface area contributed by atoms with Crippen LogP contribution in [0.15, 0.2) is 54.7 Å². The van der Waals surface area contributed by atoms with Gasteiger partial charge in [-0.1, -0.05) is 24.3 Å². The van der Waals surface area contributed by atoms with Crippen molar-refractivity contribution < 1.29 is 14.2 Å². The lowest BCUT2D eigenvalue weighted by molar-refractivity contribution is -0.0683. The Morgan fingerprint density at radius 2 is 1.92 bits per heavy atom. The predicted molar refractivity (Wildman–Crippen MR) is 93.1 cm³/mol. The molecule has 3 aromatic rings. The van der Waals surface area contributed by atoms with Gasteiger partial charge in [0.2, 0.25) is 0 Å². The Bertz CT molecular complexity index is 856. The highest BCUT2D eigenvalue weighted by Crippen LogP contribution is 2.33. The summed E-state index contributed by atoms with van der Waals surface area (Å²) in [6.45, 7) is 3.66. The molecule has 122 valence electrons. The molecular weight excluding hydrogens is 302 g/mol. The molecule has 0 atom stereocenters. The number of hydrogen-bond donors (Lipinski definition) is 0. The van der Waals surface area contributed by atoms with Gasteiger partial charge in [0, 0.05) is 11.9 Å². The zero-order chi connectivity index (χ0) is 16.4. The van der Waals surface area contributed by atoms with Crippen molar-refractivity contribution in [2.75, 3.05) is 19.8 Å². The van der Waals surface area contributed by atoms with Crippen LogP contribution < -0.4 is 4.74 Å². The van der Waals surface area contributed by atoms with Crippen LogP contribution in [-0.4, -0.2) is 31.1 Å². The molecule has 1 fully saturated rings. The number of ether oxygens (including phenoxy) is 3. The van der Waals surface area contributed by atoms with E-state index >= 15 is 0 Å². The van der Waals surface area contributed by atoms with E-state index in [9.17, 15) is 0 Å². The van der Waals surface area contributed by atoms with E-state index in [-0.39, 0.29) is 6.29 Å². The van der Waals surface area contributed by atoms with Gasteiger partial charge in [0.1, 0.15) is 12.4 Å². The van der Waals surface area contributed by atoms with E-state index in [0.29, 0.717) is 19.8 Å². The van der Waals surface area contributed by atoms with Crippen LogP contribution in [0.2, 0.25) is 0 Å². The van der Waals surface area contributed by atoms with Crippen LogP contribution in [-0.2, 0) is 9.47 Å². The van der Waals surface area contributed by atoms with E-state index < -0.39 is 0 Å². The summed E-state index contributed by atoms with van der Waals surface area (Å²) in [5.74, 6) is 0.817. The average Bonchev–Trinajstić information content (AvgIpc) is 3.13. The molecule has 0 saturated carbocycles. The Morgan fingerprint density at radius 1 is 1.08 bits per heavy atom. The number of hydrogen-bond acceptors (Lipinski definition) is 4. The maximum atomic E-state index is 5.92. The van der Waals surface area contributed by atoms with Crippen LogP contribution >= 0.6 is 0 Å². The SMILES string of the molecule is Cc1cc(-c2cc(OCC3OCCO3)cc3ccccc23)ccn1. The maximum absolute atomic E-state index is 5.92. The van der Waals surface area contributed by atoms with E-state index in [1.54, 1.807) is 0 Å². The molecule has 0 amide bonds. The molecule has 4 heteroatoms. The molecule has 0 N–H and O–H groups in total. The highest BCUT2D eigenvalue weighted by Gasteiger charge is 2.17. The number of rotatable bonds is 4. The Labute approximate surface area is 141 Å². The topological polar surface area (TPSA) is 40.6 Å². The Hall–Kier alpha value is -2.43. The summed E-state index contributed by atoms with van der Waals surface area (Å²) in [5.41, 5.74) is 3.27. The van der Waals surface area contributed by atoms with E-state index in [0.717, 1.165) is 28.0 Å². The first-order valence-electron chi connectivity index (χ1n) is 8.11. The Kier molecular flexibility index (Phi) is 4.15. The van der Waals surface area contributed by atoms with E-state index in [4.69, 9.17) is 14.2 Å². The van der Waals surface area contributed by atoms with Crippen molar-refractivity contribution in [1.82, 2.24) is 4.98 Å².